The van der Waals surface area contributed by atoms with Crippen molar-refractivity contribution >= 4 is 17.5 Å². The van der Waals surface area contributed by atoms with E-state index in [-0.39, 0.29) is 11.8 Å². The third-order valence-electron chi connectivity index (χ3n) is 3.76. The van der Waals surface area contributed by atoms with Crippen molar-refractivity contribution in [3.8, 4) is 28.3 Å². The number of aromatic nitrogens is 2. The van der Waals surface area contributed by atoms with Crippen molar-refractivity contribution < 1.29 is 4.74 Å². The van der Waals surface area contributed by atoms with Crippen LogP contribution in [0.2, 0.25) is 0 Å². The molecule has 0 fully saturated rings. The Kier molecular flexibility index (Phi) is 4.21. The summed E-state index contributed by atoms with van der Waals surface area (Å²) in [6.07, 6.45) is 0. The molecule has 0 unspecified atom stereocenters. The number of nitrogens with one attached hydrogen (secondary N) is 1. The van der Waals surface area contributed by atoms with E-state index in [1.54, 1.807) is 25.3 Å². The van der Waals surface area contributed by atoms with Gasteiger partial charge in [0, 0.05) is 22.4 Å². The van der Waals surface area contributed by atoms with E-state index in [2.05, 4.69) is 9.97 Å². The van der Waals surface area contributed by atoms with Crippen LogP contribution in [0, 0.1) is 5.41 Å². The molecule has 3 rings (SSSR count). The standard InChI is InChI=1S/C18H18N6O/c1-25-16-5-3-2-4-12(16)15-9-14(23-18(22)24-15)10-6-7-11(17(20)21)13(19)8-10/h2-9H,19H2,1H3,(H3,20,21)(H2,22,23,24). The first-order chi connectivity index (χ1) is 12.0. The molecule has 126 valence electrons. The zero-order valence-corrected chi connectivity index (χ0v) is 13.7. The molecule has 0 amide bonds. The minimum Gasteiger partial charge on any atom is -0.496 e. The van der Waals surface area contributed by atoms with Crippen molar-refractivity contribution in [3.05, 3.63) is 54.1 Å². The molecule has 0 saturated heterocycles. The summed E-state index contributed by atoms with van der Waals surface area (Å²) in [5.41, 5.74) is 21.1. The Balaban J connectivity index is 2.12. The van der Waals surface area contributed by atoms with Gasteiger partial charge in [0.25, 0.3) is 0 Å². The number of methoxy groups -OCH3 is 1. The third-order valence-corrected chi connectivity index (χ3v) is 3.76. The van der Waals surface area contributed by atoms with Crippen molar-refractivity contribution in [1.82, 2.24) is 9.97 Å². The zero-order chi connectivity index (χ0) is 18.0. The van der Waals surface area contributed by atoms with Crippen LogP contribution in [-0.2, 0) is 0 Å². The van der Waals surface area contributed by atoms with Crippen molar-refractivity contribution in [2.45, 2.75) is 0 Å². The molecule has 7 nitrogen and oxygen atoms in total. The summed E-state index contributed by atoms with van der Waals surface area (Å²) >= 11 is 0. The van der Waals surface area contributed by atoms with Gasteiger partial charge in [0.2, 0.25) is 5.95 Å². The highest BCUT2D eigenvalue weighted by Gasteiger charge is 2.12. The molecule has 3 aromatic rings. The molecule has 0 saturated carbocycles. The van der Waals surface area contributed by atoms with E-state index in [1.807, 2.05) is 30.3 Å². The van der Waals surface area contributed by atoms with Gasteiger partial charge < -0.3 is 21.9 Å². The number of hydrogen-bond donors (Lipinski definition) is 4. The molecule has 0 spiro atoms. The van der Waals surface area contributed by atoms with Crippen LogP contribution in [0.5, 0.6) is 5.75 Å². The van der Waals surface area contributed by atoms with Crippen molar-refractivity contribution in [2.75, 3.05) is 18.6 Å². The molecule has 1 aromatic heterocycles. The third kappa shape index (κ3) is 3.20. The van der Waals surface area contributed by atoms with Crippen LogP contribution in [0.1, 0.15) is 5.56 Å². The van der Waals surface area contributed by atoms with Crippen LogP contribution in [0.4, 0.5) is 11.6 Å². The average Bonchev–Trinajstić information content (AvgIpc) is 2.60. The van der Waals surface area contributed by atoms with E-state index in [4.69, 9.17) is 27.3 Å². The largest absolute Gasteiger partial charge is 0.496 e. The molecule has 0 radical (unpaired) electrons. The summed E-state index contributed by atoms with van der Waals surface area (Å²) in [7, 11) is 1.60. The SMILES string of the molecule is COc1ccccc1-c1cc(-c2ccc(C(=N)N)c(N)c2)nc(N)n1. The summed E-state index contributed by atoms with van der Waals surface area (Å²) in [6.45, 7) is 0. The zero-order valence-electron chi connectivity index (χ0n) is 13.7. The summed E-state index contributed by atoms with van der Waals surface area (Å²) in [5, 5.41) is 7.51. The van der Waals surface area contributed by atoms with E-state index < -0.39 is 0 Å². The predicted octanol–water partition coefficient (Wildman–Crippen LogP) is 2.27. The summed E-state index contributed by atoms with van der Waals surface area (Å²) in [4.78, 5) is 8.59. The lowest BCUT2D eigenvalue weighted by Gasteiger charge is -2.11. The number of rotatable bonds is 4. The first-order valence-electron chi connectivity index (χ1n) is 7.52. The topological polar surface area (TPSA) is 137 Å². The Labute approximate surface area is 145 Å². The van der Waals surface area contributed by atoms with Gasteiger partial charge in [-0.25, -0.2) is 9.97 Å². The van der Waals surface area contributed by atoms with E-state index in [1.165, 1.54) is 0 Å². The van der Waals surface area contributed by atoms with E-state index in [9.17, 15) is 0 Å². The highest BCUT2D eigenvalue weighted by Crippen LogP contribution is 2.31. The lowest BCUT2D eigenvalue weighted by Crippen LogP contribution is -2.13. The smallest absolute Gasteiger partial charge is 0.221 e. The Hall–Kier alpha value is -3.61. The number of hydrogen-bond acceptors (Lipinski definition) is 6. The fourth-order valence-electron chi connectivity index (χ4n) is 2.58. The summed E-state index contributed by atoms with van der Waals surface area (Å²) < 4.78 is 5.39. The van der Waals surface area contributed by atoms with Crippen LogP contribution >= 0.6 is 0 Å². The molecule has 0 aliphatic heterocycles. The summed E-state index contributed by atoms with van der Waals surface area (Å²) in [5.74, 6) is 0.756. The van der Waals surface area contributed by atoms with Gasteiger partial charge in [-0.3, -0.25) is 5.41 Å². The Morgan fingerprint density at radius 2 is 1.72 bits per heavy atom. The first-order valence-corrected chi connectivity index (χ1v) is 7.52. The van der Waals surface area contributed by atoms with Crippen molar-refractivity contribution in [1.29, 1.82) is 5.41 Å². The Morgan fingerprint density at radius 3 is 2.40 bits per heavy atom. The number of amidine groups is 1. The van der Waals surface area contributed by atoms with Gasteiger partial charge in [0.1, 0.15) is 11.6 Å². The van der Waals surface area contributed by atoms with E-state index in [0.717, 1.165) is 11.1 Å². The second kappa shape index (κ2) is 6.48. The molecular formula is C18H18N6O. The van der Waals surface area contributed by atoms with Crippen LogP contribution in [0.15, 0.2) is 48.5 Å². The summed E-state index contributed by atoms with van der Waals surface area (Å²) in [6, 6.07) is 14.5. The van der Waals surface area contributed by atoms with Crippen molar-refractivity contribution in [3.63, 3.8) is 0 Å². The normalized spacial score (nSPS) is 10.4. The number of nitrogens with zero attached hydrogens (tertiary/aromatic N) is 2. The molecule has 0 bridgehead atoms. The van der Waals surface area contributed by atoms with Crippen LogP contribution in [-0.4, -0.2) is 22.9 Å². The predicted molar refractivity (Wildman–Crippen MR) is 99.3 cm³/mol. The molecule has 1 heterocycles. The quantitative estimate of drug-likeness (QED) is 0.328. The van der Waals surface area contributed by atoms with Crippen LogP contribution in [0.3, 0.4) is 0 Å². The first kappa shape index (κ1) is 16.3. The Bertz CT molecular complexity index is 954. The molecule has 7 N–H and O–H groups in total. The number of nitrogen functional groups attached to an aromatic ring is 3. The molecule has 25 heavy (non-hydrogen) atoms. The number of ether oxygens (including phenoxy) is 1. The average molecular weight is 334 g/mol. The van der Waals surface area contributed by atoms with Gasteiger partial charge in [-0.1, -0.05) is 18.2 Å². The maximum absolute atomic E-state index is 7.51. The molecule has 0 atom stereocenters. The number of benzene rings is 2. The van der Waals surface area contributed by atoms with Gasteiger partial charge in [0.15, 0.2) is 0 Å². The van der Waals surface area contributed by atoms with Gasteiger partial charge in [-0.15, -0.1) is 0 Å². The number of anilines is 2. The van der Waals surface area contributed by atoms with Crippen LogP contribution in [0.25, 0.3) is 22.5 Å². The molecule has 7 heteroatoms. The van der Waals surface area contributed by atoms with Gasteiger partial charge >= 0.3 is 0 Å². The minimum absolute atomic E-state index is 0.0824. The van der Waals surface area contributed by atoms with E-state index >= 15 is 0 Å². The van der Waals surface area contributed by atoms with Crippen molar-refractivity contribution in [2.24, 2.45) is 5.73 Å². The van der Waals surface area contributed by atoms with Crippen LogP contribution < -0.4 is 21.9 Å². The second-order valence-corrected chi connectivity index (χ2v) is 5.41. The number of nitrogens with two attached hydrogens (primary N) is 3. The Morgan fingerprint density at radius 1 is 1.00 bits per heavy atom. The fourth-order valence-corrected chi connectivity index (χ4v) is 2.58. The van der Waals surface area contributed by atoms with Gasteiger partial charge in [0.05, 0.1) is 18.5 Å². The molecule has 0 aliphatic carbocycles. The molecule has 2 aromatic carbocycles. The van der Waals surface area contributed by atoms with Gasteiger partial charge in [-0.05, 0) is 30.3 Å². The highest BCUT2D eigenvalue weighted by atomic mass is 16.5. The maximum Gasteiger partial charge on any atom is 0.221 e. The van der Waals surface area contributed by atoms with Gasteiger partial charge in [-0.2, -0.15) is 0 Å². The fraction of sp³-hybridized carbons (Fsp3) is 0.0556. The lowest BCUT2D eigenvalue weighted by atomic mass is 10.0. The van der Waals surface area contributed by atoms with E-state index in [0.29, 0.717) is 28.4 Å². The number of para-hydroxylation sites is 1. The minimum atomic E-state index is -0.0824. The lowest BCUT2D eigenvalue weighted by molar-refractivity contribution is 0.416. The second-order valence-electron chi connectivity index (χ2n) is 5.41. The highest BCUT2D eigenvalue weighted by molar-refractivity contribution is 6.00. The maximum atomic E-state index is 7.51. The molecule has 0 aliphatic rings. The molecular weight excluding hydrogens is 316 g/mol. The monoisotopic (exact) mass is 334 g/mol.